The summed E-state index contributed by atoms with van der Waals surface area (Å²) in [6.45, 7) is 0. The molecule has 29 heavy (non-hydrogen) atoms. The number of pyridine rings is 1. The Hall–Kier alpha value is -3.98. The molecular weight excluding hydrogens is 354 g/mol. The smallest absolute Gasteiger partial charge is 0.249 e. The van der Waals surface area contributed by atoms with Crippen LogP contribution in [-0.4, -0.2) is 10.2 Å². The Bertz CT molecular complexity index is 1150. The van der Waals surface area contributed by atoms with Gasteiger partial charge in [-0.15, -0.1) is 4.57 Å². The molecule has 3 heteroatoms. The summed E-state index contributed by atoms with van der Waals surface area (Å²) >= 11 is 0. The Balaban J connectivity index is 1.87. The molecule has 0 aliphatic rings. The van der Waals surface area contributed by atoms with Gasteiger partial charge in [0.15, 0.2) is 0 Å². The van der Waals surface area contributed by atoms with Crippen LogP contribution >= 0.6 is 0 Å². The number of nitrogens with one attached hydrogen (secondary N) is 1. The van der Waals surface area contributed by atoms with Crippen molar-refractivity contribution in [3.05, 3.63) is 116 Å². The number of hydrogen-bond acceptors (Lipinski definition) is 1. The van der Waals surface area contributed by atoms with Gasteiger partial charge in [-0.3, -0.25) is 5.10 Å². The highest BCUT2D eigenvalue weighted by atomic mass is 15.1. The maximum atomic E-state index is 4.20. The van der Waals surface area contributed by atoms with E-state index in [2.05, 4.69) is 99.7 Å². The van der Waals surface area contributed by atoms with Crippen LogP contribution in [0.5, 0.6) is 0 Å². The third kappa shape index (κ3) is 3.34. The van der Waals surface area contributed by atoms with Crippen molar-refractivity contribution in [3.63, 3.8) is 0 Å². The van der Waals surface area contributed by atoms with E-state index in [4.69, 9.17) is 0 Å². The lowest BCUT2D eigenvalue weighted by atomic mass is 9.99. The molecule has 0 fully saturated rings. The number of benzene rings is 3. The molecule has 0 bridgehead atoms. The van der Waals surface area contributed by atoms with Crippen molar-refractivity contribution in [1.82, 2.24) is 10.2 Å². The second-order valence-electron chi connectivity index (χ2n) is 6.90. The van der Waals surface area contributed by atoms with Gasteiger partial charge in [0, 0.05) is 23.3 Å². The highest BCUT2D eigenvalue weighted by Crippen LogP contribution is 2.30. The fraction of sp³-hybridized carbons (Fsp3) is 0. The summed E-state index contributed by atoms with van der Waals surface area (Å²) in [5.74, 6) is 0. The van der Waals surface area contributed by atoms with Gasteiger partial charge in [-0.1, -0.05) is 66.7 Å². The lowest BCUT2D eigenvalue weighted by molar-refractivity contribution is -0.572. The number of aromatic nitrogens is 3. The summed E-state index contributed by atoms with van der Waals surface area (Å²) in [5, 5.41) is 7.16. The minimum Gasteiger partial charge on any atom is -0.279 e. The molecular formula is C26H20N3+. The molecule has 0 radical (unpaired) electrons. The molecule has 1 N–H and O–H groups in total. The number of nitrogens with zero attached hydrogens (tertiary/aromatic N) is 2. The van der Waals surface area contributed by atoms with Crippen molar-refractivity contribution >= 4 is 0 Å². The Morgan fingerprint density at radius 2 is 1.03 bits per heavy atom. The molecule has 0 unspecified atom stereocenters. The van der Waals surface area contributed by atoms with E-state index in [1.165, 1.54) is 11.1 Å². The predicted molar refractivity (Wildman–Crippen MR) is 116 cm³/mol. The fourth-order valence-corrected chi connectivity index (χ4v) is 3.68. The number of rotatable bonds is 4. The first-order valence-corrected chi connectivity index (χ1v) is 9.66. The zero-order chi connectivity index (χ0) is 19.5. The predicted octanol–water partition coefficient (Wildman–Crippen LogP) is 5.69. The zero-order valence-electron chi connectivity index (χ0n) is 15.9. The highest BCUT2D eigenvalue weighted by molar-refractivity contribution is 5.74. The van der Waals surface area contributed by atoms with E-state index in [0.29, 0.717) is 0 Å². The molecule has 0 aliphatic carbocycles. The van der Waals surface area contributed by atoms with E-state index in [9.17, 15) is 0 Å². The van der Waals surface area contributed by atoms with Gasteiger partial charge in [0.2, 0.25) is 17.1 Å². The van der Waals surface area contributed by atoms with Crippen LogP contribution in [0.4, 0.5) is 0 Å². The molecule has 0 amide bonds. The number of H-pyrrole nitrogens is 1. The maximum absolute atomic E-state index is 4.20. The first-order chi connectivity index (χ1) is 14.4. The first-order valence-electron chi connectivity index (χ1n) is 9.66. The van der Waals surface area contributed by atoms with Gasteiger partial charge in [-0.2, -0.15) is 5.10 Å². The highest BCUT2D eigenvalue weighted by Gasteiger charge is 2.25. The molecule has 3 nitrogen and oxygen atoms in total. The summed E-state index contributed by atoms with van der Waals surface area (Å²) in [5.41, 5.74) is 7.93. The van der Waals surface area contributed by atoms with E-state index in [1.54, 1.807) is 0 Å². The van der Waals surface area contributed by atoms with Crippen LogP contribution in [0.25, 0.3) is 39.3 Å². The van der Waals surface area contributed by atoms with Gasteiger partial charge < -0.3 is 0 Å². The second-order valence-corrected chi connectivity index (χ2v) is 6.90. The minimum atomic E-state index is 1.00. The van der Waals surface area contributed by atoms with Gasteiger partial charge >= 0.3 is 0 Å². The van der Waals surface area contributed by atoms with Crippen LogP contribution in [0.2, 0.25) is 0 Å². The Labute approximate surface area is 169 Å². The SMILES string of the molecule is c1ccc(-c2cc(-c3ccccc3)[n+](-c3cn[nH]c3)c(-c3ccccc3)c2)cc1. The third-order valence-corrected chi connectivity index (χ3v) is 5.05. The standard InChI is InChI=1S/C26H20N3/c1-4-10-20(11-5-1)23-16-25(21-12-6-2-7-13-21)29(24-18-27-28-19-24)26(17-23)22-14-8-3-9-15-22/h1-19H,(H,27,28)/q+1. The van der Waals surface area contributed by atoms with Crippen molar-refractivity contribution in [2.24, 2.45) is 0 Å². The molecule has 2 aromatic heterocycles. The third-order valence-electron chi connectivity index (χ3n) is 5.05. The van der Waals surface area contributed by atoms with Gasteiger partial charge in [0.1, 0.15) is 6.20 Å². The summed E-state index contributed by atoms with van der Waals surface area (Å²) < 4.78 is 2.26. The molecule has 138 valence electrons. The quantitative estimate of drug-likeness (QED) is 0.403. The summed E-state index contributed by atoms with van der Waals surface area (Å²) in [6, 6.07) is 36.0. The van der Waals surface area contributed by atoms with E-state index in [1.807, 2.05) is 30.6 Å². The van der Waals surface area contributed by atoms with Gasteiger partial charge in [0.05, 0.1) is 6.20 Å². The van der Waals surface area contributed by atoms with Crippen LogP contribution in [0.15, 0.2) is 116 Å². The fourth-order valence-electron chi connectivity index (χ4n) is 3.68. The van der Waals surface area contributed by atoms with Gasteiger partial charge in [-0.05, 0) is 35.4 Å². The van der Waals surface area contributed by atoms with Crippen LogP contribution in [0, 0.1) is 0 Å². The molecule has 0 atom stereocenters. The molecule has 0 saturated carbocycles. The lowest BCUT2D eigenvalue weighted by Crippen LogP contribution is -2.36. The Morgan fingerprint density at radius 3 is 1.48 bits per heavy atom. The van der Waals surface area contributed by atoms with Crippen molar-refractivity contribution < 1.29 is 4.57 Å². The largest absolute Gasteiger partial charge is 0.279 e. The van der Waals surface area contributed by atoms with E-state index < -0.39 is 0 Å². The molecule has 0 spiro atoms. The number of hydrogen-bond donors (Lipinski definition) is 1. The van der Waals surface area contributed by atoms with Crippen LogP contribution in [-0.2, 0) is 0 Å². The average Bonchev–Trinajstić information content (AvgIpc) is 3.34. The van der Waals surface area contributed by atoms with E-state index in [0.717, 1.165) is 28.2 Å². The monoisotopic (exact) mass is 374 g/mol. The lowest BCUT2D eigenvalue weighted by Gasteiger charge is -2.11. The topological polar surface area (TPSA) is 32.6 Å². The number of aromatic amines is 1. The Morgan fingerprint density at radius 1 is 0.552 bits per heavy atom. The Kier molecular flexibility index (Phi) is 4.47. The van der Waals surface area contributed by atoms with Gasteiger partial charge in [-0.25, -0.2) is 0 Å². The normalized spacial score (nSPS) is 10.8. The summed E-state index contributed by atoms with van der Waals surface area (Å²) in [6.07, 6.45) is 3.79. The minimum absolute atomic E-state index is 1.00. The summed E-state index contributed by atoms with van der Waals surface area (Å²) in [7, 11) is 0. The van der Waals surface area contributed by atoms with Crippen molar-refractivity contribution in [2.75, 3.05) is 0 Å². The van der Waals surface area contributed by atoms with E-state index in [-0.39, 0.29) is 0 Å². The first kappa shape index (κ1) is 17.1. The second kappa shape index (κ2) is 7.56. The maximum Gasteiger partial charge on any atom is 0.249 e. The molecule has 0 aliphatic heterocycles. The van der Waals surface area contributed by atoms with E-state index >= 15 is 0 Å². The van der Waals surface area contributed by atoms with Crippen molar-refractivity contribution in [1.29, 1.82) is 0 Å². The average molecular weight is 374 g/mol. The molecule has 2 heterocycles. The summed E-state index contributed by atoms with van der Waals surface area (Å²) in [4.78, 5) is 0. The zero-order valence-corrected chi connectivity index (χ0v) is 15.9. The molecule has 5 rings (SSSR count). The molecule has 0 saturated heterocycles. The van der Waals surface area contributed by atoms with Crippen molar-refractivity contribution in [2.45, 2.75) is 0 Å². The molecule has 3 aromatic carbocycles. The van der Waals surface area contributed by atoms with Crippen LogP contribution in [0.3, 0.4) is 0 Å². The van der Waals surface area contributed by atoms with Crippen molar-refractivity contribution in [3.8, 4) is 39.3 Å². The van der Waals surface area contributed by atoms with Crippen LogP contribution in [0.1, 0.15) is 0 Å². The van der Waals surface area contributed by atoms with Gasteiger partial charge in [0.25, 0.3) is 0 Å². The molecule has 5 aromatic rings. The van der Waals surface area contributed by atoms with Crippen LogP contribution < -0.4 is 4.57 Å².